The Kier molecular flexibility index (Phi) is 2.66. The zero-order valence-electron chi connectivity index (χ0n) is 8.70. The first-order valence-electron chi connectivity index (χ1n) is 4.84. The highest BCUT2D eigenvalue weighted by Crippen LogP contribution is 2.36. The molecule has 1 aliphatic heterocycles. The second-order valence-corrected chi connectivity index (χ2v) is 3.53. The molecule has 6 nitrogen and oxygen atoms in total. The fourth-order valence-electron chi connectivity index (χ4n) is 1.79. The Morgan fingerprint density at radius 2 is 2.41 bits per heavy atom. The van der Waals surface area contributed by atoms with Crippen molar-refractivity contribution in [3.05, 3.63) is 41.5 Å². The van der Waals surface area contributed by atoms with E-state index in [1.54, 1.807) is 18.3 Å². The molecule has 0 fully saturated rings. The Bertz CT molecular complexity index is 519. The van der Waals surface area contributed by atoms with Crippen molar-refractivity contribution in [1.82, 2.24) is 4.98 Å². The van der Waals surface area contributed by atoms with Crippen LogP contribution in [0.4, 0.5) is 0 Å². The number of nitrogens with two attached hydrogens (primary N) is 1. The minimum absolute atomic E-state index is 0.130. The van der Waals surface area contributed by atoms with E-state index in [1.807, 2.05) is 6.07 Å². The summed E-state index contributed by atoms with van der Waals surface area (Å²) in [5, 5.41) is 18.0. The molecule has 2 rings (SSSR count). The fourth-order valence-corrected chi connectivity index (χ4v) is 1.79. The molecule has 1 aromatic heterocycles. The highest BCUT2D eigenvalue weighted by atomic mass is 16.5. The van der Waals surface area contributed by atoms with E-state index < -0.39 is 18.0 Å². The first kappa shape index (κ1) is 11.0. The molecule has 0 aliphatic carbocycles. The first-order valence-corrected chi connectivity index (χ1v) is 4.84. The molecular weight excluding hydrogens is 222 g/mol. The highest BCUT2D eigenvalue weighted by Gasteiger charge is 2.42. The number of hydrogen-bond acceptors (Lipinski definition) is 5. The maximum absolute atomic E-state index is 11.1. The van der Waals surface area contributed by atoms with E-state index >= 15 is 0 Å². The topological polar surface area (TPSA) is 109 Å². The van der Waals surface area contributed by atoms with Crippen molar-refractivity contribution in [3.8, 4) is 6.07 Å². The molecule has 0 amide bonds. The second kappa shape index (κ2) is 4.14. The molecule has 6 heteroatoms. The number of nitrogens with zero attached hydrogens (tertiary/aromatic N) is 2. The number of carbonyl (C=O) groups is 1. The van der Waals surface area contributed by atoms with E-state index in [4.69, 9.17) is 20.8 Å². The standard InChI is InChI=1S/C11H9N3O3/c12-4-7-8(6-2-1-3-14-5-6)9(11(15)16)17-10(7)13/h1-3,5,8-9H,13H2,(H,15,16). The van der Waals surface area contributed by atoms with E-state index in [2.05, 4.69) is 4.98 Å². The lowest BCUT2D eigenvalue weighted by molar-refractivity contribution is -0.147. The molecule has 1 aliphatic rings. The Balaban J connectivity index is 2.47. The van der Waals surface area contributed by atoms with E-state index in [-0.39, 0.29) is 11.5 Å². The molecule has 3 N–H and O–H groups in total. The lowest BCUT2D eigenvalue weighted by Gasteiger charge is -2.14. The molecule has 0 spiro atoms. The number of rotatable bonds is 2. The Labute approximate surface area is 96.9 Å². The molecule has 86 valence electrons. The van der Waals surface area contributed by atoms with Crippen LogP contribution in [0.3, 0.4) is 0 Å². The minimum Gasteiger partial charge on any atom is -0.478 e. The predicted molar refractivity (Wildman–Crippen MR) is 56.3 cm³/mol. The monoisotopic (exact) mass is 231 g/mol. The molecule has 2 unspecified atom stereocenters. The van der Waals surface area contributed by atoms with E-state index in [1.165, 1.54) is 6.20 Å². The third-order valence-electron chi connectivity index (χ3n) is 2.54. The van der Waals surface area contributed by atoms with E-state index in [9.17, 15) is 4.79 Å². The van der Waals surface area contributed by atoms with Gasteiger partial charge in [-0.3, -0.25) is 4.98 Å². The van der Waals surface area contributed by atoms with Gasteiger partial charge >= 0.3 is 5.97 Å². The van der Waals surface area contributed by atoms with Crippen molar-refractivity contribution < 1.29 is 14.6 Å². The van der Waals surface area contributed by atoms with Gasteiger partial charge in [-0.05, 0) is 11.6 Å². The van der Waals surface area contributed by atoms with Crippen LogP contribution in [0.15, 0.2) is 36.0 Å². The van der Waals surface area contributed by atoms with Gasteiger partial charge in [0.1, 0.15) is 11.6 Å². The summed E-state index contributed by atoms with van der Waals surface area (Å²) in [5.41, 5.74) is 6.22. The third kappa shape index (κ3) is 1.78. The first-order chi connectivity index (χ1) is 8.15. The van der Waals surface area contributed by atoms with Crippen LogP contribution in [0.2, 0.25) is 0 Å². The van der Waals surface area contributed by atoms with Gasteiger partial charge in [-0.25, -0.2) is 4.79 Å². The van der Waals surface area contributed by atoms with Crippen molar-refractivity contribution in [2.75, 3.05) is 0 Å². The van der Waals surface area contributed by atoms with Gasteiger partial charge < -0.3 is 15.6 Å². The van der Waals surface area contributed by atoms with Gasteiger partial charge in [0.15, 0.2) is 5.88 Å². The van der Waals surface area contributed by atoms with Gasteiger partial charge in [0, 0.05) is 12.4 Å². The van der Waals surface area contributed by atoms with E-state index in [0.29, 0.717) is 5.56 Å². The quantitative estimate of drug-likeness (QED) is 0.759. The van der Waals surface area contributed by atoms with Crippen molar-refractivity contribution >= 4 is 5.97 Å². The van der Waals surface area contributed by atoms with Gasteiger partial charge in [0.2, 0.25) is 6.10 Å². The second-order valence-electron chi connectivity index (χ2n) is 3.53. The van der Waals surface area contributed by atoms with Gasteiger partial charge in [0.25, 0.3) is 0 Å². The molecule has 0 aromatic carbocycles. The highest BCUT2D eigenvalue weighted by molar-refractivity contribution is 5.76. The Morgan fingerprint density at radius 3 is 2.94 bits per heavy atom. The van der Waals surface area contributed by atoms with Crippen LogP contribution in [-0.2, 0) is 9.53 Å². The van der Waals surface area contributed by atoms with Crippen LogP contribution >= 0.6 is 0 Å². The summed E-state index contributed by atoms with van der Waals surface area (Å²) in [4.78, 5) is 15.0. The van der Waals surface area contributed by atoms with Crippen LogP contribution in [0.5, 0.6) is 0 Å². The van der Waals surface area contributed by atoms with E-state index in [0.717, 1.165) is 0 Å². The molecule has 0 saturated heterocycles. The van der Waals surface area contributed by atoms with Crippen LogP contribution in [0.25, 0.3) is 0 Å². The van der Waals surface area contributed by atoms with Crippen molar-refractivity contribution in [3.63, 3.8) is 0 Å². The summed E-state index contributed by atoms with van der Waals surface area (Å²) in [6.07, 6.45) is 1.89. The smallest absolute Gasteiger partial charge is 0.346 e. The molecule has 17 heavy (non-hydrogen) atoms. The number of aromatic nitrogens is 1. The molecule has 0 radical (unpaired) electrons. The molecular formula is C11H9N3O3. The lowest BCUT2D eigenvalue weighted by Crippen LogP contribution is -2.27. The summed E-state index contributed by atoms with van der Waals surface area (Å²) in [6.45, 7) is 0. The number of carboxylic acid groups (broad SMARTS) is 1. The van der Waals surface area contributed by atoms with Gasteiger partial charge in [-0.15, -0.1) is 0 Å². The molecule has 1 aromatic rings. The summed E-state index contributed by atoms with van der Waals surface area (Å²) >= 11 is 0. The summed E-state index contributed by atoms with van der Waals surface area (Å²) in [5.74, 6) is -1.99. The normalized spacial score (nSPS) is 23.0. The zero-order valence-corrected chi connectivity index (χ0v) is 8.70. The molecule has 2 atom stereocenters. The van der Waals surface area contributed by atoms with Crippen molar-refractivity contribution in [2.45, 2.75) is 12.0 Å². The molecule has 0 saturated carbocycles. The third-order valence-corrected chi connectivity index (χ3v) is 2.54. The van der Waals surface area contributed by atoms with Gasteiger partial charge in [-0.2, -0.15) is 5.26 Å². The summed E-state index contributed by atoms with van der Waals surface area (Å²) in [6, 6.07) is 5.24. The summed E-state index contributed by atoms with van der Waals surface area (Å²) < 4.78 is 5.00. The number of aliphatic carboxylic acids is 1. The lowest BCUT2D eigenvalue weighted by atomic mass is 9.89. The summed E-state index contributed by atoms with van der Waals surface area (Å²) in [7, 11) is 0. The number of nitriles is 1. The number of carboxylic acids is 1. The van der Waals surface area contributed by atoms with Crippen LogP contribution in [0, 0.1) is 11.3 Å². The fraction of sp³-hybridized carbons (Fsp3) is 0.182. The predicted octanol–water partition coefficient (Wildman–Crippen LogP) is 0.342. The van der Waals surface area contributed by atoms with Gasteiger partial charge in [0.05, 0.1) is 5.92 Å². The maximum atomic E-state index is 11.1. The van der Waals surface area contributed by atoms with Crippen molar-refractivity contribution in [2.24, 2.45) is 5.73 Å². The van der Waals surface area contributed by atoms with Crippen LogP contribution in [0.1, 0.15) is 11.5 Å². The molecule has 2 heterocycles. The van der Waals surface area contributed by atoms with Crippen LogP contribution in [-0.4, -0.2) is 22.2 Å². The van der Waals surface area contributed by atoms with Crippen LogP contribution < -0.4 is 5.73 Å². The maximum Gasteiger partial charge on any atom is 0.346 e. The minimum atomic E-state index is -1.17. The van der Waals surface area contributed by atoms with Crippen molar-refractivity contribution in [1.29, 1.82) is 5.26 Å². The average molecular weight is 231 g/mol. The SMILES string of the molecule is N#CC1=C(N)OC(C(=O)O)C1c1cccnc1. The largest absolute Gasteiger partial charge is 0.478 e. The number of pyridine rings is 1. The molecule has 0 bridgehead atoms. The number of hydrogen-bond donors (Lipinski definition) is 2. The van der Waals surface area contributed by atoms with Gasteiger partial charge in [-0.1, -0.05) is 6.07 Å². The number of ether oxygens (including phenoxy) is 1. The zero-order chi connectivity index (χ0) is 12.4. The Hall–Kier alpha value is -2.55. The Morgan fingerprint density at radius 1 is 1.65 bits per heavy atom. The average Bonchev–Trinajstić information content (AvgIpc) is 2.67.